The van der Waals surface area contributed by atoms with E-state index in [1.54, 1.807) is 5.51 Å². The van der Waals surface area contributed by atoms with E-state index >= 15 is 0 Å². The number of rotatable bonds is 3. The van der Waals surface area contributed by atoms with Crippen molar-refractivity contribution in [2.24, 2.45) is 11.5 Å². The molecule has 0 aliphatic rings. The summed E-state index contributed by atoms with van der Waals surface area (Å²) in [6.45, 7) is 0. The van der Waals surface area contributed by atoms with Crippen molar-refractivity contribution in [3.8, 4) is 0 Å². The van der Waals surface area contributed by atoms with Gasteiger partial charge in [-0.15, -0.1) is 11.3 Å². The minimum absolute atomic E-state index is 0.429. The van der Waals surface area contributed by atoms with Gasteiger partial charge in [0.1, 0.15) is 0 Å². The van der Waals surface area contributed by atoms with Gasteiger partial charge in [0.05, 0.1) is 17.2 Å². The summed E-state index contributed by atoms with van der Waals surface area (Å²) in [4.78, 5) is 14.5. The molecular weight excluding hydrogens is 162 g/mol. The van der Waals surface area contributed by atoms with Crippen LogP contribution in [0.4, 0.5) is 0 Å². The molecule has 1 amide bonds. The quantitative estimate of drug-likeness (QED) is 0.643. The highest BCUT2D eigenvalue weighted by Crippen LogP contribution is 2.02. The maximum Gasteiger partial charge on any atom is 0.234 e. The molecule has 0 aliphatic heterocycles. The summed E-state index contributed by atoms with van der Waals surface area (Å²) < 4.78 is 0. The average molecular weight is 171 g/mol. The number of amides is 1. The Balaban J connectivity index is 2.50. The fourth-order valence-corrected chi connectivity index (χ4v) is 1.24. The summed E-state index contributed by atoms with van der Waals surface area (Å²) in [6.07, 6.45) is 0.429. The second-order valence-electron chi connectivity index (χ2n) is 2.19. The molecule has 0 spiro atoms. The van der Waals surface area contributed by atoms with Crippen LogP contribution < -0.4 is 11.5 Å². The number of carbonyl (C=O) groups is 1. The summed E-state index contributed by atoms with van der Waals surface area (Å²) in [5, 5.41) is 1.85. The van der Waals surface area contributed by atoms with Gasteiger partial charge in [-0.25, -0.2) is 4.98 Å². The van der Waals surface area contributed by atoms with Crippen LogP contribution in [0, 0.1) is 0 Å². The Labute approximate surface area is 68.2 Å². The smallest absolute Gasteiger partial charge is 0.234 e. The molecule has 0 bridgehead atoms. The van der Waals surface area contributed by atoms with E-state index in [9.17, 15) is 4.79 Å². The molecule has 0 fully saturated rings. The van der Waals surface area contributed by atoms with Gasteiger partial charge in [-0.1, -0.05) is 0 Å². The molecule has 4 N–H and O–H groups in total. The molecule has 0 unspecified atom stereocenters. The van der Waals surface area contributed by atoms with E-state index in [4.69, 9.17) is 11.5 Å². The second kappa shape index (κ2) is 3.45. The Morgan fingerprint density at radius 1 is 1.82 bits per heavy atom. The zero-order chi connectivity index (χ0) is 8.27. The number of nitrogens with zero attached hydrogens (tertiary/aromatic N) is 1. The van der Waals surface area contributed by atoms with Crippen molar-refractivity contribution in [2.75, 3.05) is 0 Å². The van der Waals surface area contributed by atoms with Crippen LogP contribution in [-0.4, -0.2) is 16.9 Å². The van der Waals surface area contributed by atoms with Gasteiger partial charge in [0, 0.05) is 11.8 Å². The van der Waals surface area contributed by atoms with Crippen LogP contribution >= 0.6 is 11.3 Å². The van der Waals surface area contributed by atoms with E-state index < -0.39 is 11.9 Å². The average Bonchev–Trinajstić information content (AvgIpc) is 2.39. The van der Waals surface area contributed by atoms with Crippen LogP contribution in [0.2, 0.25) is 0 Å². The predicted molar refractivity (Wildman–Crippen MR) is 43.0 cm³/mol. The molecule has 60 valence electrons. The van der Waals surface area contributed by atoms with E-state index in [1.807, 2.05) is 5.38 Å². The van der Waals surface area contributed by atoms with Gasteiger partial charge < -0.3 is 11.5 Å². The molecule has 0 aromatic carbocycles. The highest BCUT2D eigenvalue weighted by Gasteiger charge is 2.10. The molecule has 1 heterocycles. The molecule has 0 saturated heterocycles. The molecule has 1 aromatic heterocycles. The largest absolute Gasteiger partial charge is 0.368 e. The highest BCUT2D eigenvalue weighted by atomic mass is 32.1. The maximum atomic E-state index is 10.5. The summed E-state index contributed by atoms with van der Waals surface area (Å²) in [5.41, 5.74) is 12.9. The van der Waals surface area contributed by atoms with Gasteiger partial charge in [0.25, 0.3) is 0 Å². The van der Waals surface area contributed by atoms with Crippen LogP contribution in [0.15, 0.2) is 10.9 Å². The Morgan fingerprint density at radius 2 is 2.55 bits per heavy atom. The van der Waals surface area contributed by atoms with Crippen molar-refractivity contribution >= 4 is 17.2 Å². The Bertz CT molecular complexity index is 234. The van der Waals surface area contributed by atoms with Gasteiger partial charge >= 0.3 is 0 Å². The first kappa shape index (κ1) is 8.16. The molecule has 4 nitrogen and oxygen atoms in total. The minimum atomic E-state index is -0.614. The highest BCUT2D eigenvalue weighted by molar-refractivity contribution is 7.07. The molecule has 1 aromatic rings. The maximum absolute atomic E-state index is 10.5. The lowest BCUT2D eigenvalue weighted by Crippen LogP contribution is -2.38. The molecule has 0 saturated carbocycles. The normalized spacial score (nSPS) is 12.8. The first-order chi connectivity index (χ1) is 5.20. The van der Waals surface area contributed by atoms with Crippen LogP contribution in [0.1, 0.15) is 5.69 Å². The van der Waals surface area contributed by atoms with Crippen LogP contribution in [0.3, 0.4) is 0 Å². The van der Waals surface area contributed by atoms with Gasteiger partial charge in [-0.3, -0.25) is 4.79 Å². The number of thiazole rings is 1. The lowest BCUT2D eigenvalue weighted by Gasteiger charge is -2.02. The van der Waals surface area contributed by atoms with Gasteiger partial charge in [0.2, 0.25) is 5.91 Å². The number of primary amides is 1. The first-order valence-electron chi connectivity index (χ1n) is 3.12. The zero-order valence-electron chi connectivity index (χ0n) is 5.86. The zero-order valence-corrected chi connectivity index (χ0v) is 6.67. The van der Waals surface area contributed by atoms with Crippen molar-refractivity contribution in [3.05, 3.63) is 16.6 Å². The number of nitrogens with two attached hydrogens (primary N) is 2. The monoisotopic (exact) mass is 171 g/mol. The molecule has 0 radical (unpaired) electrons. The number of carbonyl (C=O) groups excluding carboxylic acids is 1. The standard InChI is InChI=1S/C6H9N3OS/c7-5(6(8)10)1-4-2-11-3-9-4/h2-3,5H,1,7H2,(H2,8,10)/t5-/m1/s1. The van der Waals surface area contributed by atoms with Gasteiger partial charge in [0.15, 0.2) is 0 Å². The SMILES string of the molecule is NC(=O)[C@H](N)Cc1cscn1. The van der Waals surface area contributed by atoms with Gasteiger partial charge in [-0.05, 0) is 0 Å². The lowest BCUT2D eigenvalue weighted by atomic mass is 10.2. The van der Waals surface area contributed by atoms with E-state index in [-0.39, 0.29) is 0 Å². The molecule has 0 aliphatic carbocycles. The van der Waals surface area contributed by atoms with Crippen molar-refractivity contribution < 1.29 is 4.79 Å². The van der Waals surface area contributed by atoms with Crippen molar-refractivity contribution in [2.45, 2.75) is 12.5 Å². The lowest BCUT2D eigenvalue weighted by molar-refractivity contribution is -0.119. The van der Waals surface area contributed by atoms with Crippen LogP contribution in [0.25, 0.3) is 0 Å². The Morgan fingerprint density at radius 3 is 3.00 bits per heavy atom. The third-order valence-electron chi connectivity index (χ3n) is 1.28. The minimum Gasteiger partial charge on any atom is -0.368 e. The number of aromatic nitrogens is 1. The number of hydrogen-bond donors (Lipinski definition) is 2. The summed E-state index contributed by atoms with van der Waals surface area (Å²) in [6, 6.07) is -0.614. The second-order valence-corrected chi connectivity index (χ2v) is 2.91. The molecule has 11 heavy (non-hydrogen) atoms. The summed E-state index contributed by atoms with van der Waals surface area (Å²) in [5.74, 6) is -0.488. The predicted octanol–water partition coefficient (Wildman–Crippen LogP) is -0.502. The fourth-order valence-electron chi connectivity index (χ4n) is 0.664. The third kappa shape index (κ3) is 2.28. The van der Waals surface area contributed by atoms with E-state index in [2.05, 4.69) is 4.98 Å². The van der Waals surface area contributed by atoms with Crippen molar-refractivity contribution in [1.82, 2.24) is 4.98 Å². The molecule has 5 heteroatoms. The van der Waals surface area contributed by atoms with Crippen molar-refractivity contribution in [1.29, 1.82) is 0 Å². The molecule has 1 rings (SSSR count). The third-order valence-corrected chi connectivity index (χ3v) is 1.91. The number of hydrogen-bond acceptors (Lipinski definition) is 4. The topological polar surface area (TPSA) is 82.0 Å². The van der Waals surface area contributed by atoms with E-state index in [0.29, 0.717) is 6.42 Å². The molecule has 1 atom stereocenters. The Hall–Kier alpha value is -0.940. The fraction of sp³-hybridized carbons (Fsp3) is 0.333. The summed E-state index contributed by atoms with van der Waals surface area (Å²) in [7, 11) is 0. The Kier molecular flexibility index (Phi) is 2.56. The van der Waals surface area contributed by atoms with Gasteiger partial charge in [-0.2, -0.15) is 0 Å². The van der Waals surface area contributed by atoms with E-state index in [0.717, 1.165) is 5.69 Å². The first-order valence-corrected chi connectivity index (χ1v) is 4.06. The van der Waals surface area contributed by atoms with Crippen LogP contribution in [0.5, 0.6) is 0 Å². The van der Waals surface area contributed by atoms with Crippen molar-refractivity contribution in [3.63, 3.8) is 0 Å². The van der Waals surface area contributed by atoms with Crippen LogP contribution in [-0.2, 0) is 11.2 Å². The summed E-state index contributed by atoms with van der Waals surface area (Å²) >= 11 is 1.47. The van der Waals surface area contributed by atoms with E-state index in [1.165, 1.54) is 11.3 Å². The molecular formula is C6H9N3OS.